The van der Waals surface area contributed by atoms with Crippen LogP contribution >= 0.6 is 11.6 Å². The molecule has 62 valence electrons. The van der Waals surface area contributed by atoms with Crippen molar-refractivity contribution in [3.05, 3.63) is 34.9 Å². The normalized spacial score (nSPS) is 14.6. The van der Waals surface area contributed by atoms with Crippen molar-refractivity contribution in [3.63, 3.8) is 0 Å². The minimum Gasteiger partial charge on any atom is -0.335 e. The van der Waals surface area contributed by atoms with Crippen LogP contribution in [0, 0.1) is 0 Å². The van der Waals surface area contributed by atoms with E-state index < -0.39 is 0 Å². The molecule has 0 atom stereocenters. The molecule has 0 saturated carbocycles. The Balaban J connectivity index is 2.26. The molecule has 1 amide bonds. The predicted molar refractivity (Wildman–Crippen MR) is 47.4 cm³/mol. The van der Waals surface area contributed by atoms with Crippen LogP contribution in [-0.2, 0) is 0 Å². The summed E-state index contributed by atoms with van der Waals surface area (Å²) >= 11 is 5.74. The summed E-state index contributed by atoms with van der Waals surface area (Å²) in [6.07, 6.45) is 0. The van der Waals surface area contributed by atoms with Gasteiger partial charge in [0.05, 0.1) is 0 Å². The second-order valence-corrected chi connectivity index (χ2v) is 3.24. The minimum absolute atomic E-state index is 0.0810. The first kappa shape index (κ1) is 7.62. The van der Waals surface area contributed by atoms with Crippen LogP contribution in [-0.4, -0.2) is 23.9 Å². The van der Waals surface area contributed by atoms with E-state index in [1.807, 2.05) is 0 Å². The lowest BCUT2D eigenvalue weighted by molar-refractivity contribution is 0.0885. The van der Waals surface area contributed by atoms with Crippen molar-refractivity contribution in [2.45, 2.75) is 0 Å². The lowest BCUT2D eigenvalue weighted by atomic mass is 10.2. The fourth-order valence-electron chi connectivity index (χ4n) is 1.06. The molecule has 0 spiro atoms. The molecule has 1 aliphatic heterocycles. The van der Waals surface area contributed by atoms with Gasteiger partial charge in [-0.15, -0.1) is 0 Å². The van der Waals surface area contributed by atoms with Crippen molar-refractivity contribution < 1.29 is 4.79 Å². The van der Waals surface area contributed by atoms with Crippen LogP contribution in [0.15, 0.2) is 24.3 Å². The molecule has 0 N–H and O–H groups in total. The van der Waals surface area contributed by atoms with Crippen LogP contribution in [0.3, 0.4) is 0 Å². The standard InChI is InChI=1S/C9H8ClNO/c10-8-3-1-2-7(6-8)9(12)11-4-5-11/h1-3,6H,4-5H2. The first-order valence-corrected chi connectivity index (χ1v) is 4.20. The molecule has 1 aromatic rings. The van der Waals surface area contributed by atoms with Crippen LogP contribution in [0.5, 0.6) is 0 Å². The summed E-state index contributed by atoms with van der Waals surface area (Å²) in [7, 11) is 0. The van der Waals surface area contributed by atoms with Gasteiger partial charge in [0.15, 0.2) is 0 Å². The SMILES string of the molecule is O=C(c1cccc(Cl)c1)N1CC1. The summed E-state index contributed by atoms with van der Waals surface area (Å²) in [6, 6.07) is 7.04. The van der Waals surface area contributed by atoms with Crippen LogP contribution in [0.4, 0.5) is 0 Å². The second-order valence-electron chi connectivity index (χ2n) is 2.80. The maximum absolute atomic E-state index is 11.4. The summed E-state index contributed by atoms with van der Waals surface area (Å²) in [5.41, 5.74) is 0.681. The summed E-state index contributed by atoms with van der Waals surface area (Å²) in [6.45, 7) is 1.76. The molecule has 0 aliphatic carbocycles. The van der Waals surface area contributed by atoms with Crippen molar-refractivity contribution in [2.75, 3.05) is 13.1 Å². The van der Waals surface area contributed by atoms with E-state index in [2.05, 4.69) is 0 Å². The number of nitrogens with zero attached hydrogens (tertiary/aromatic N) is 1. The van der Waals surface area contributed by atoms with E-state index in [0.717, 1.165) is 13.1 Å². The van der Waals surface area contributed by atoms with E-state index in [1.54, 1.807) is 29.2 Å². The zero-order valence-electron chi connectivity index (χ0n) is 6.46. The molecule has 12 heavy (non-hydrogen) atoms. The molecule has 0 bridgehead atoms. The number of carbonyl (C=O) groups is 1. The lowest BCUT2D eigenvalue weighted by Crippen LogP contribution is -2.09. The van der Waals surface area contributed by atoms with Crippen molar-refractivity contribution in [3.8, 4) is 0 Å². The highest BCUT2D eigenvalue weighted by atomic mass is 35.5. The molecular weight excluding hydrogens is 174 g/mol. The molecule has 2 nitrogen and oxygen atoms in total. The van der Waals surface area contributed by atoms with E-state index in [1.165, 1.54) is 0 Å². The zero-order valence-corrected chi connectivity index (χ0v) is 7.21. The number of hydrogen-bond acceptors (Lipinski definition) is 1. The van der Waals surface area contributed by atoms with Crippen LogP contribution in [0.25, 0.3) is 0 Å². The number of benzene rings is 1. The molecule has 1 saturated heterocycles. The average Bonchev–Trinajstić information content (AvgIpc) is 2.85. The predicted octanol–water partition coefficient (Wildman–Crippen LogP) is 1.80. The Morgan fingerprint density at radius 2 is 2.17 bits per heavy atom. The molecule has 2 rings (SSSR count). The Kier molecular flexibility index (Phi) is 1.77. The van der Waals surface area contributed by atoms with Gasteiger partial charge in [-0.3, -0.25) is 4.79 Å². The van der Waals surface area contributed by atoms with Gasteiger partial charge in [0.25, 0.3) is 5.91 Å². The van der Waals surface area contributed by atoms with E-state index in [0.29, 0.717) is 10.6 Å². The number of halogens is 1. The van der Waals surface area contributed by atoms with Crippen molar-refractivity contribution in [1.82, 2.24) is 4.90 Å². The number of hydrogen-bond donors (Lipinski definition) is 0. The summed E-state index contributed by atoms with van der Waals surface area (Å²) in [5, 5.41) is 0.614. The van der Waals surface area contributed by atoms with Gasteiger partial charge in [-0.2, -0.15) is 0 Å². The maximum atomic E-state index is 11.4. The van der Waals surface area contributed by atoms with E-state index >= 15 is 0 Å². The fourth-order valence-corrected chi connectivity index (χ4v) is 1.25. The lowest BCUT2D eigenvalue weighted by Gasteiger charge is -2.00. The third-order valence-electron chi connectivity index (χ3n) is 1.81. The van der Waals surface area contributed by atoms with Crippen LogP contribution in [0.1, 0.15) is 10.4 Å². The van der Waals surface area contributed by atoms with Crippen LogP contribution < -0.4 is 0 Å². The van der Waals surface area contributed by atoms with Gasteiger partial charge in [-0.1, -0.05) is 17.7 Å². The molecule has 0 aromatic heterocycles. The smallest absolute Gasteiger partial charge is 0.254 e. The Labute approximate surface area is 75.7 Å². The van der Waals surface area contributed by atoms with E-state index in [-0.39, 0.29) is 5.91 Å². The van der Waals surface area contributed by atoms with Crippen molar-refractivity contribution in [1.29, 1.82) is 0 Å². The largest absolute Gasteiger partial charge is 0.335 e. The highest BCUT2D eigenvalue weighted by Crippen LogP contribution is 2.15. The van der Waals surface area contributed by atoms with Gasteiger partial charge in [0, 0.05) is 23.7 Å². The first-order valence-electron chi connectivity index (χ1n) is 3.82. The molecule has 0 unspecified atom stereocenters. The minimum atomic E-state index is 0.0810. The summed E-state index contributed by atoms with van der Waals surface area (Å²) in [4.78, 5) is 13.2. The van der Waals surface area contributed by atoms with Crippen molar-refractivity contribution in [2.24, 2.45) is 0 Å². The van der Waals surface area contributed by atoms with Gasteiger partial charge in [0.2, 0.25) is 0 Å². The third kappa shape index (κ3) is 1.43. The molecular formula is C9H8ClNO. The molecule has 1 heterocycles. The Bertz CT molecular complexity index is 320. The summed E-state index contributed by atoms with van der Waals surface area (Å²) < 4.78 is 0. The van der Waals surface area contributed by atoms with Crippen molar-refractivity contribution >= 4 is 17.5 Å². The molecule has 3 heteroatoms. The van der Waals surface area contributed by atoms with Gasteiger partial charge in [-0.05, 0) is 18.2 Å². The Hall–Kier alpha value is -1.02. The molecule has 1 fully saturated rings. The van der Waals surface area contributed by atoms with Gasteiger partial charge in [-0.25, -0.2) is 0 Å². The average molecular weight is 182 g/mol. The molecule has 1 aliphatic rings. The zero-order chi connectivity index (χ0) is 8.55. The highest BCUT2D eigenvalue weighted by Gasteiger charge is 2.24. The van der Waals surface area contributed by atoms with Gasteiger partial charge in [0.1, 0.15) is 0 Å². The van der Waals surface area contributed by atoms with Crippen LogP contribution in [0.2, 0.25) is 5.02 Å². The second kappa shape index (κ2) is 2.79. The topological polar surface area (TPSA) is 20.1 Å². The number of carbonyl (C=O) groups excluding carboxylic acids is 1. The summed E-state index contributed by atoms with van der Waals surface area (Å²) in [5.74, 6) is 0.0810. The van der Waals surface area contributed by atoms with Gasteiger partial charge >= 0.3 is 0 Å². The quantitative estimate of drug-likeness (QED) is 0.605. The number of rotatable bonds is 1. The third-order valence-corrected chi connectivity index (χ3v) is 2.04. The molecule has 0 radical (unpaired) electrons. The first-order chi connectivity index (χ1) is 5.77. The fraction of sp³-hybridized carbons (Fsp3) is 0.222. The van der Waals surface area contributed by atoms with E-state index in [9.17, 15) is 4.79 Å². The Morgan fingerprint density at radius 1 is 1.42 bits per heavy atom. The van der Waals surface area contributed by atoms with Gasteiger partial charge < -0.3 is 4.90 Å². The molecule has 1 aromatic carbocycles. The number of amides is 1. The Morgan fingerprint density at radius 3 is 2.75 bits per heavy atom. The highest BCUT2D eigenvalue weighted by molar-refractivity contribution is 6.30. The monoisotopic (exact) mass is 181 g/mol. The van der Waals surface area contributed by atoms with E-state index in [4.69, 9.17) is 11.6 Å². The maximum Gasteiger partial charge on any atom is 0.254 e.